The van der Waals surface area contributed by atoms with Crippen LogP contribution in [0, 0.1) is 0 Å². The van der Waals surface area contributed by atoms with Crippen LogP contribution in [0.25, 0.3) is 0 Å². The maximum atomic E-state index is 11.3. The van der Waals surface area contributed by atoms with Crippen LogP contribution in [0.4, 0.5) is 0 Å². The lowest BCUT2D eigenvalue weighted by Crippen LogP contribution is -2.39. The molecule has 0 spiro atoms. The summed E-state index contributed by atoms with van der Waals surface area (Å²) in [6.07, 6.45) is 0. The van der Waals surface area contributed by atoms with Crippen LogP contribution < -0.4 is 15.4 Å². The Bertz CT molecular complexity index is 381. The molecule has 1 aromatic rings. The van der Waals surface area contributed by atoms with Crippen molar-refractivity contribution >= 4 is 11.8 Å². The van der Waals surface area contributed by atoms with Gasteiger partial charge in [0.2, 0.25) is 5.91 Å². The zero-order valence-corrected chi connectivity index (χ0v) is 9.89. The van der Waals surface area contributed by atoms with E-state index in [4.69, 9.17) is 9.84 Å². The molecule has 0 saturated carbocycles. The number of aliphatic hydroxyl groups excluding tert-OH is 1. The maximum absolute atomic E-state index is 11.3. The van der Waals surface area contributed by atoms with Gasteiger partial charge in [-0.15, -0.1) is 0 Å². The molecule has 0 fully saturated rings. The van der Waals surface area contributed by atoms with Gasteiger partial charge in [-0.25, -0.2) is 0 Å². The van der Waals surface area contributed by atoms with Crippen LogP contribution in [0.5, 0.6) is 5.75 Å². The number of amides is 2. The molecule has 0 bridgehead atoms. The summed E-state index contributed by atoms with van der Waals surface area (Å²) in [5, 5.41) is 13.3. The first kappa shape index (κ1) is 14.0. The highest BCUT2D eigenvalue weighted by molar-refractivity contribution is 5.85. The van der Waals surface area contributed by atoms with Crippen molar-refractivity contribution in [2.24, 2.45) is 0 Å². The first-order valence-corrected chi connectivity index (χ1v) is 5.54. The number of benzene rings is 1. The molecule has 0 heterocycles. The van der Waals surface area contributed by atoms with E-state index in [-0.39, 0.29) is 38.1 Å². The Morgan fingerprint density at radius 2 is 1.83 bits per heavy atom. The van der Waals surface area contributed by atoms with Gasteiger partial charge in [-0.1, -0.05) is 18.2 Å². The molecule has 0 atom stereocenters. The van der Waals surface area contributed by atoms with Crippen molar-refractivity contribution in [3.8, 4) is 5.75 Å². The summed E-state index contributed by atoms with van der Waals surface area (Å²) < 4.78 is 5.20. The van der Waals surface area contributed by atoms with Crippen molar-refractivity contribution in [1.29, 1.82) is 0 Å². The number of hydrogen-bond donors (Lipinski definition) is 3. The molecule has 6 heteroatoms. The van der Waals surface area contributed by atoms with Crippen LogP contribution >= 0.6 is 0 Å². The highest BCUT2D eigenvalue weighted by Gasteiger charge is 2.05. The Morgan fingerprint density at radius 1 is 1.11 bits per heavy atom. The quantitative estimate of drug-likeness (QED) is 0.598. The van der Waals surface area contributed by atoms with Gasteiger partial charge in [0.25, 0.3) is 5.91 Å². The largest absolute Gasteiger partial charge is 0.484 e. The summed E-state index contributed by atoms with van der Waals surface area (Å²) in [5.41, 5.74) is 0. The molecule has 1 aromatic carbocycles. The molecule has 0 aromatic heterocycles. The first-order valence-electron chi connectivity index (χ1n) is 5.54. The van der Waals surface area contributed by atoms with Crippen molar-refractivity contribution in [2.45, 2.75) is 0 Å². The second-order valence-electron chi connectivity index (χ2n) is 3.45. The smallest absolute Gasteiger partial charge is 0.258 e. The van der Waals surface area contributed by atoms with Crippen molar-refractivity contribution in [3.63, 3.8) is 0 Å². The number of hydrogen-bond acceptors (Lipinski definition) is 4. The topological polar surface area (TPSA) is 87.7 Å². The van der Waals surface area contributed by atoms with Crippen LogP contribution in [0.1, 0.15) is 0 Å². The Kier molecular flexibility index (Phi) is 6.27. The zero-order chi connectivity index (χ0) is 13.2. The highest BCUT2D eigenvalue weighted by Crippen LogP contribution is 2.07. The number of rotatable bonds is 7. The van der Waals surface area contributed by atoms with Crippen LogP contribution in [-0.4, -0.2) is 43.2 Å². The number of carbonyl (C=O) groups is 2. The second-order valence-corrected chi connectivity index (χ2v) is 3.45. The van der Waals surface area contributed by atoms with E-state index in [0.29, 0.717) is 5.75 Å². The highest BCUT2D eigenvalue weighted by atomic mass is 16.5. The molecule has 18 heavy (non-hydrogen) atoms. The number of carbonyl (C=O) groups excluding carboxylic acids is 2. The van der Waals surface area contributed by atoms with E-state index in [1.807, 2.05) is 6.07 Å². The number of nitrogens with one attached hydrogen (secondary N) is 2. The van der Waals surface area contributed by atoms with Crippen LogP contribution in [0.2, 0.25) is 0 Å². The third-order valence-corrected chi connectivity index (χ3v) is 1.99. The van der Waals surface area contributed by atoms with Gasteiger partial charge in [-0.3, -0.25) is 9.59 Å². The molecule has 0 aliphatic heterocycles. The minimum absolute atomic E-state index is 0.128. The van der Waals surface area contributed by atoms with E-state index in [2.05, 4.69) is 10.6 Å². The second kappa shape index (κ2) is 8.08. The summed E-state index contributed by atoms with van der Waals surface area (Å²) >= 11 is 0. The Balaban J connectivity index is 2.16. The lowest BCUT2D eigenvalue weighted by Gasteiger charge is -2.07. The molecule has 3 N–H and O–H groups in total. The van der Waals surface area contributed by atoms with Crippen molar-refractivity contribution in [2.75, 3.05) is 26.3 Å². The lowest BCUT2D eigenvalue weighted by atomic mass is 10.3. The first-order chi connectivity index (χ1) is 8.72. The van der Waals surface area contributed by atoms with Gasteiger partial charge in [-0.2, -0.15) is 0 Å². The summed E-state index contributed by atoms with van der Waals surface area (Å²) in [7, 11) is 0. The normalized spacial score (nSPS) is 9.61. The predicted molar refractivity (Wildman–Crippen MR) is 65.0 cm³/mol. The standard InChI is InChI=1S/C12H16N2O4/c15-7-6-13-11(16)8-14-12(17)9-18-10-4-2-1-3-5-10/h1-5,15H,6-9H2,(H,13,16)(H,14,17). The summed E-state index contributed by atoms with van der Waals surface area (Å²) in [6, 6.07) is 8.92. The van der Waals surface area contributed by atoms with E-state index >= 15 is 0 Å². The van der Waals surface area contributed by atoms with Gasteiger partial charge in [0.05, 0.1) is 13.2 Å². The molecular formula is C12H16N2O4. The molecule has 98 valence electrons. The van der Waals surface area contributed by atoms with Crippen molar-refractivity contribution < 1.29 is 19.4 Å². The van der Waals surface area contributed by atoms with Crippen LogP contribution in [-0.2, 0) is 9.59 Å². The van der Waals surface area contributed by atoms with Gasteiger partial charge >= 0.3 is 0 Å². The molecule has 1 rings (SSSR count). The molecular weight excluding hydrogens is 236 g/mol. The third kappa shape index (κ3) is 5.86. The molecule has 0 unspecified atom stereocenters. The van der Waals surface area contributed by atoms with Gasteiger partial charge in [0, 0.05) is 6.54 Å². The fraction of sp³-hybridized carbons (Fsp3) is 0.333. The Labute approximate surface area is 105 Å². The van der Waals surface area contributed by atoms with Crippen LogP contribution in [0.3, 0.4) is 0 Å². The van der Waals surface area contributed by atoms with E-state index in [1.165, 1.54) is 0 Å². The molecule has 6 nitrogen and oxygen atoms in total. The van der Waals surface area contributed by atoms with Crippen molar-refractivity contribution in [1.82, 2.24) is 10.6 Å². The molecule has 2 amide bonds. The average molecular weight is 252 g/mol. The Morgan fingerprint density at radius 3 is 2.50 bits per heavy atom. The average Bonchev–Trinajstić information content (AvgIpc) is 2.41. The Hall–Kier alpha value is -2.08. The minimum atomic E-state index is -0.377. The molecule has 0 aliphatic rings. The number of ether oxygens (including phenoxy) is 1. The fourth-order valence-electron chi connectivity index (χ4n) is 1.15. The minimum Gasteiger partial charge on any atom is -0.484 e. The fourth-order valence-corrected chi connectivity index (χ4v) is 1.15. The summed E-state index contributed by atoms with van der Waals surface area (Å²) in [6.45, 7) is -0.222. The van der Waals surface area contributed by atoms with Gasteiger partial charge in [-0.05, 0) is 12.1 Å². The number of aliphatic hydroxyl groups is 1. The third-order valence-electron chi connectivity index (χ3n) is 1.99. The van der Waals surface area contributed by atoms with E-state index < -0.39 is 0 Å². The SMILES string of the molecule is O=C(CNC(=O)COc1ccccc1)NCCO. The lowest BCUT2D eigenvalue weighted by molar-refractivity contribution is -0.127. The van der Waals surface area contributed by atoms with E-state index in [0.717, 1.165) is 0 Å². The van der Waals surface area contributed by atoms with Crippen molar-refractivity contribution in [3.05, 3.63) is 30.3 Å². The van der Waals surface area contributed by atoms with Gasteiger partial charge in [0.15, 0.2) is 6.61 Å². The molecule has 0 saturated heterocycles. The summed E-state index contributed by atoms with van der Waals surface area (Å²) in [4.78, 5) is 22.4. The van der Waals surface area contributed by atoms with Gasteiger partial charge in [0.1, 0.15) is 5.75 Å². The zero-order valence-electron chi connectivity index (χ0n) is 9.89. The molecule has 0 aliphatic carbocycles. The number of para-hydroxylation sites is 1. The van der Waals surface area contributed by atoms with E-state index in [9.17, 15) is 9.59 Å². The monoisotopic (exact) mass is 252 g/mol. The predicted octanol–water partition coefficient (Wildman–Crippen LogP) is -0.710. The summed E-state index contributed by atoms with van der Waals surface area (Å²) in [5.74, 6) is -0.132. The maximum Gasteiger partial charge on any atom is 0.258 e. The van der Waals surface area contributed by atoms with E-state index in [1.54, 1.807) is 24.3 Å². The molecule has 0 radical (unpaired) electrons. The van der Waals surface area contributed by atoms with Crippen LogP contribution in [0.15, 0.2) is 30.3 Å². The van der Waals surface area contributed by atoms with Gasteiger partial charge < -0.3 is 20.5 Å².